The molecular formula is C18H17FN2O2S. The van der Waals surface area contributed by atoms with Crippen molar-refractivity contribution in [2.75, 3.05) is 6.54 Å². The molecule has 0 bridgehead atoms. The van der Waals surface area contributed by atoms with Crippen LogP contribution in [0.1, 0.15) is 17.5 Å². The molecule has 0 saturated carbocycles. The van der Waals surface area contributed by atoms with E-state index in [9.17, 15) is 9.18 Å². The Hall–Kier alpha value is -2.47. The number of amides is 1. The second-order valence-electron chi connectivity index (χ2n) is 5.28. The molecule has 4 nitrogen and oxygen atoms in total. The average Bonchev–Trinajstić information content (AvgIpc) is 2.96. The minimum Gasteiger partial charge on any atom is -0.486 e. The maximum absolute atomic E-state index is 13.2. The number of ether oxygens (including phenoxy) is 1. The highest BCUT2D eigenvalue weighted by atomic mass is 32.1. The van der Waals surface area contributed by atoms with Gasteiger partial charge in [-0.3, -0.25) is 4.79 Å². The Morgan fingerprint density at radius 3 is 2.79 bits per heavy atom. The fourth-order valence-corrected chi connectivity index (χ4v) is 3.16. The van der Waals surface area contributed by atoms with Crippen LogP contribution in [0.4, 0.5) is 4.39 Å². The van der Waals surface area contributed by atoms with Gasteiger partial charge in [0.1, 0.15) is 23.2 Å². The van der Waals surface area contributed by atoms with Gasteiger partial charge in [0.15, 0.2) is 0 Å². The molecule has 1 heterocycles. The molecule has 3 aromatic rings. The molecule has 0 aliphatic heterocycles. The van der Waals surface area contributed by atoms with Gasteiger partial charge in [0.2, 0.25) is 5.91 Å². The number of aromatic nitrogens is 1. The Bertz CT molecular complexity index is 846. The molecule has 0 radical (unpaired) electrons. The zero-order valence-corrected chi connectivity index (χ0v) is 14.0. The van der Waals surface area contributed by atoms with Crippen LogP contribution in [-0.4, -0.2) is 17.4 Å². The van der Waals surface area contributed by atoms with E-state index in [1.54, 1.807) is 6.07 Å². The van der Waals surface area contributed by atoms with Crippen molar-refractivity contribution in [2.24, 2.45) is 0 Å². The lowest BCUT2D eigenvalue weighted by Gasteiger charge is -2.06. The second-order valence-corrected chi connectivity index (χ2v) is 6.40. The summed E-state index contributed by atoms with van der Waals surface area (Å²) < 4.78 is 19.8. The number of hydrogen-bond acceptors (Lipinski definition) is 4. The summed E-state index contributed by atoms with van der Waals surface area (Å²) in [7, 11) is 0. The van der Waals surface area contributed by atoms with Gasteiger partial charge in [0.25, 0.3) is 0 Å². The first-order valence-electron chi connectivity index (χ1n) is 7.67. The first-order chi connectivity index (χ1) is 11.6. The van der Waals surface area contributed by atoms with Gasteiger partial charge in [0, 0.05) is 12.6 Å². The first-order valence-corrected chi connectivity index (χ1v) is 8.49. The summed E-state index contributed by atoms with van der Waals surface area (Å²) in [4.78, 5) is 15.9. The molecule has 0 atom stereocenters. The summed E-state index contributed by atoms with van der Waals surface area (Å²) in [6.07, 6.45) is 0.359. The summed E-state index contributed by atoms with van der Waals surface area (Å²) in [5.41, 5.74) is 1.58. The number of nitrogens with zero attached hydrogens (tertiary/aromatic N) is 1. The first kappa shape index (κ1) is 16.4. The third kappa shape index (κ3) is 4.08. The number of carbonyl (C=O) groups is 1. The number of likely N-dealkylation sites (N-methyl/N-ethyl adjacent to an activating group) is 1. The topological polar surface area (TPSA) is 51.2 Å². The number of benzene rings is 2. The lowest BCUT2D eigenvalue weighted by Crippen LogP contribution is -2.24. The Balaban J connectivity index is 1.60. The third-order valence-corrected chi connectivity index (χ3v) is 4.43. The SMILES string of the molecule is CCNC(=O)Cc1ccc(OCc2nc3cc(F)ccc3s2)cc1. The largest absolute Gasteiger partial charge is 0.486 e. The maximum Gasteiger partial charge on any atom is 0.224 e. The molecule has 2 aromatic carbocycles. The monoisotopic (exact) mass is 344 g/mol. The van der Waals surface area contributed by atoms with E-state index >= 15 is 0 Å². The molecule has 6 heteroatoms. The van der Waals surface area contributed by atoms with Crippen molar-refractivity contribution in [1.29, 1.82) is 0 Å². The van der Waals surface area contributed by atoms with Crippen LogP contribution in [-0.2, 0) is 17.8 Å². The molecule has 0 aliphatic carbocycles. The number of rotatable bonds is 6. The highest BCUT2D eigenvalue weighted by Crippen LogP contribution is 2.24. The molecule has 1 amide bonds. The van der Waals surface area contributed by atoms with Gasteiger partial charge in [0.05, 0.1) is 16.6 Å². The van der Waals surface area contributed by atoms with Crippen LogP contribution in [0.2, 0.25) is 0 Å². The van der Waals surface area contributed by atoms with Crippen LogP contribution in [0.5, 0.6) is 5.75 Å². The van der Waals surface area contributed by atoms with E-state index in [1.165, 1.54) is 23.5 Å². The molecule has 0 fully saturated rings. The van der Waals surface area contributed by atoms with Gasteiger partial charge < -0.3 is 10.1 Å². The zero-order chi connectivity index (χ0) is 16.9. The summed E-state index contributed by atoms with van der Waals surface area (Å²) in [5.74, 6) is 0.427. The zero-order valence-electron chi connectivity index (χ0n) is 13.2. The van der Waals surface area contributed by atoms with Crippen molar-refractivity contribution in [2.45, 2.75) is 20.0 Å². The number of thiazole rings is 1. The predicted octanol–water partition coefficient (Wildman–Crippen LogP) is 3.69. The Morgan fingerprint density at radius 1 is 1.25 bits per heavy atom. The molecule has 0 aliphatic rings. The van der Waals surface area contributed by atoms with E-state index < -0.39 is 0 Å². The summed E-state index contributed by atoms with van der Waals surface area (Å²) >= 11 is 1.49. The Kier molecular flexibility index (Phi) is 5.05. The molecular weight excluding hydrogens is 327 g/mol. The minimum atomic E-state index is -0.289. The van der Waals surface area contributed by atoms with Gasteiger partial charge in [-0.1, -0.05) is 12.1 Å². The van der Waals surface area contributed by atoms with Crippen LogP contribution < -0.4 is 10.1 Å². The van der Waals surface area contributed by atoms with Crippen molar-refractivity contribution in [3.05, 3.63) is 58.9 Å². The normalized spacial score (nSPS) is 10.8. The smallest absolute Gasteiger partial charge is 0.224 e. The van der Waals surface area contributed by atoms with Gasteiger partial charge in [-0.2, -0.15) is 0 Å². The molecule has 24 heavy (non-hydrogen) atoms. The fraction of sp³-hybridized carbons (Fsp3) is 0.222. The summed E-state index contributed by atoms with van der Waals surface area (Å²) in [6.45, 7) is 2.86. The molecule has 1 N–H and O–H groups in total. The number of hydrogen-bond donors (Lipinski definition) is 1. The van der Waals surface area contributed by atoms with E-state index in [4.69, 9.17) is 4.74 Å². The van der Waals surface area contributed by atoms with Crippen LogP contribution in [0.15, 0.2) is 42.5 Å². The Labute approximate surface area is 143 Å². The highest BCUT2D eigenvalue weighted by Gasteiger charge is 2.06. The number of fused-ring (bicyclic) bond motifs is 1. The molecule has 0 saturated heterocycles. The standard InChI is InChI=1S/C18H17FN2O2S/c1-2-20-17(22)9-12-3-6-14(7-4-12)23-11-18-21-15-10-13(19)5-8-16(15)24-18/h3-8,10H,2,9,11H2,1H3,(H,20,22). The predicted molar refractivity (Wildman–Crippen MR) is 92.7 cm³/mol. The van der Waals surface area contributed by atoms with E-state index in [0.717, 1.165) is 15.3 Å². The summed E-state index contributed by atoms with van der Waals surface area (Å²) in [6, 6.07) is 12.0. The van der Waals surface area contributed by atoms with Crippen molar-refractivity contribution in [3.8, 4) is 5.75 Å². The molecule has 1 aromatic heterocycles. The van der Waals surface area contributed by atoms with Crippen LogP contribution in [0.3, 0.4) is 0 Å². The lowest BCUT2D eigenvalue weighted by atomic mass is 10.1. The van der Waals surface area contributed by atoms with Crippen molar-refractivity contribution in [3.63, 3.8) is 0 Å². The van der Waals surface area contributed by atoms with E-state index in [2.05, 4.69) is 10.3 Å². The van der Waals surface area contributed by atoms with Gasteiger partial charge >= 0.3 is 0 Å². The lowest BCUT2D eigenvalue weighted by molar-refractivity contribution is -0.120. The van der Waals surface area contributed by atoms with Crippen molar-refractivity contribution >= 4 is 27.5 Å². The number of halogens is 1. The minimum absolute atomic E-state index is 0.00729. The third-order valence-electron chi connectivity index (χ3n) is 3.42. The fourth-order valence-electron chi connectivity index (χ4n) is 2.30. The van der Waals surface area contributed by atoms with Crippen molar-refractivity contribution < 1.29 is 13.9 Å². The van der Waals surface area contributed by atoms with Gasteiger partial charge in [-0.05, 0) is 36.8 Å². The van der Waals surface area contributed by atoms with Gasteiger partial charge in [-0.15, -0.1) is 11.3 Å². The van der Waals surface area contributed by atoms with Crippen LogP contribution >= 0.6 is 11.3 Å². The van der Waals surface area contributed by atoms with E-state index in [-0.39, 0.29) is 11.7 Å². The quantitative estimate of drug-likeness (QED) is 0.742. The second kappa shape index (κ2) is 7.40. The molecule has 3 rings (SSSR count). The van der Waals surface area contributed by atoms with Crippen LogP contribution in [0, 0.1) is 5.82 Å². The number of nitrogens with one attached hydrogen (secondary N) is 1. The maximum atomic E-state index is 13.2. The molecule has 124 valence electrons. The highest BCUT2D eigenvalue weighted by molar-refractivity contribution is 7.18. The van der Waals surface area contributed by atoms with Crippen LogP contribution in [0.25, 0.3) is 10.2 Å². The molecule has 0 spiro atoms. The average molecular weight is 344 g/mol. The summed E-state index contributed by atoms with van der Waals surface area (Å²) in [5, 5.41) is 3.56. The molecule has 0 unspecified atom stereocenters. The van der Waals surface area contributed by atoms with E-state index in [1.807, 2.05) is 31.2 Å². The van der Waals surface area contributed by atoms with Gasteiger partial charge in [-0.25, -0.2) is 9.37 Å². The van der Waals surface area contributed by atoms with Crippen molar-refractivity contribution in [1.82, 2.24) is 10.3 Å². The number of carbonyl (C=O) groups excluding carboxylic acids is 1. The Morgan fingerprint density at radius 2 is 2.04 bits per heavy atom. The van der Waals surface area contributed by atoms with E-state index in [0.29, 0.717) is 30.8 Å².